The minimum absolute atomic E-state index is 0.265. The lowest BCUT2D eigenvalue weighted by molar-refractivity contribution is 0.215. The van der Waals surface area contributed by atoms with Crippen molar-refractivity contribution in [3.05, 3.63) is 39.5 Å². The van der Waals surface area contributed by atoms with Crippen molar-refractivity contribution in [2.24, 2.45) is 5.73 Å². The lowest BCUT2D eigenvalue weighted by Gasteiger charge is -2.35. The van der Waals surface area contributed by atoms with Crippen LogP contribution in [0.1, 0.15) is 24.1 Å². The fraction of sp³-hybridized carbons (Fsp3) is 0.571. The summed E-state index contributed by atoms with van der Waals surface area (Å²) in [7, 11) is 0. The van der Waals surface area contributed by atoms with E-state index in [-0.39, 0.29) is 6.54 Å². The van der Waals surface area contributed by atoms with Gasteiger partial charge in [-0.15, -0.1) is 10.2 Å². The van der Waals surface area contributed by atoms with E-state index in [1.807, 2.05) is 12.1 Å². The molecule has 8 nitrogen and oxygen atoms in total. The maximum absolute atomic E-state index is 6.29. The number of hydrogen-bond donors (Lipinski definition) is 2. The summed E-state index contributed by atoms with van der Waals surface area (Å²) in [6.45, 7) is 9.40. The van der Waals surface area contributed by atoms with Gasteiger partial charge in [-0.1, -0.05) is 29.3 Å². The van der Waals surface area contributed by atoms with Crippen LogP contribution in [-0.2, 0) is 13.1 Å². The topological polar surface area (TPSA) is 86.4 Å². The molecule has 0 spiro atoms. The van der Waals surface area contributed by atoms with Crippen LogP contribution in [-0.4, -0.2) is 77.3 Å². The molecule has 0 bridgehead atoms. The van der Waals surface area contributed by atoms with Crippen LogP contribution in [0.25, 0.3) is 0 Å². The number of likely N-dealkylation sites (tertiary alicyclic amines) is 1. The smallest absolute Gasteiger partial charge is 0.247 e. The maximum Gasteiger partial charge on any atom is 0.247 e. The van der Waals surface area contributed by atoms with Crippen molar-refractivity contribution in [2.75, 3.05) is 62.6 Å². The average Bonchev–Trinajstić information content (AvgIpc) is 3.31. The van der Waals surface area contributed by atoms with E-state index in [1.165, 1.54) is 32.5 Å². The van der Waals surface area contributed by atoms with Gasteiger partial charge in [-0.2, -0.15) is 4.98 Å². The van der Waals surface area contributed by atoms with Gasteiger partial charge in [0.2, 0.25) is 5.95 Å². The van der Waals surface area contributed by atoms with Crippen LogP contribution in [0.3, 0.4) is 0 Å². The molecular formula is C21H30Cl2N8. The molecule has 2 aliphatic heterocycles. The predicted octanol–water partition coefficient (Wildman–Crippen LogP) is 2.47. The van der Waals surface area contributed by atoms with Gasteiger partial charge in [-0.3, -0.25) is 4.90 Å². The Labute approximate surface area is 193 Å². The zero-order chi connectivity index (χ0) is 21.6. The first-order valence-corrected chi connectivity index (χ1v) is 11.7. The van der Waals surface area contributed by atoms with Crippen LogP contribution in [0.2, 0.25) is 10.0 Å². The first-order chi connectivity index (χ1) is 15.1. The van der Waals surface area contributed by atoms with Crippen LogP contribution >= 0.6 is 23.2 Å². The van der Waals surface area contributed by atoms with Crippen LogP contribution in [0.5, 0.6) is 0 Å². The molecule has 31 heavy (non-hydrogen) atoms. The van der Waals surface area contributed by atoms with Gasteiger partial charge in [0.05, 0.1) is 0 Å². The lowest BCUT2D eigenvalue weighted by Crippen LogP contribution is -2.49. The van der Waals surface area contributed by atoms with Crippen molar-refractivity contribution in [3.63, 3.8) is 0 Å². The third-order valence-corrected chi connectivity index (χ3v) is 6.57. The van der Waals surface area contributed by atoms with Crippen LogP contribution in [0, 0.1) is 0 Å². The van der Waals surface area contributed by atoms with E-state index in [2.05, 4.69) is 30.2 Å². The zero-order valence-corrected chi connectivity index (χ0v) is 19.2. The highest BCUT2D eigenvalue weighted by Crippen LogP contribution is 2.23. The minimum Gasteiger partial charge on any atom is -0.364 e. The van der Waals surface area contributed by atoms with E-state index in [1.54, 1.807) is 6.07 Å². The van der Waals surface area contributed by atoms with E-state index >= 15 is 0 Å². The van der Waals surface area contributed by atoms with Gasteiger partial charge < -0.3 is 20.9 Å². The van der Waals surface area contributed by atoms with E-state index in [4.69, 9.17) is 33.9 Å². The molecule has 0 radical (unpaired) electrons. The summed E-state index contributed by atoms with van der Waals surface area (Å²) in [6.07, 6.45) is 2.69. The molecule has 2 aromatic rings. The van der Waals surface area contributed by atoms with E-state index < -0.39 is 0 Å². The molecule has 2 aliphatic rings. The third-order valence-electron chi connectivity index (χ3n) is 5.99. The summed E-state index contributed by atoms with van der Waals surface area (Å²) in [5.74, 6) is 1.29. The van der Waals surface area contributed by atoms with E-state index in [0.717, 1.165) is 38.3 Å². The zero-order valence-electron chi connectivity index (χ0n) is 17.7. The van der Waals surface area contributed by atoms with Crippen molar-refractivity contribution in [3.8, 4) is 0 Å². The van der Waals surface area contributed by atoms with Crippen LogP contribution in [0.15, 0.2) is 18.2 Å². The third kappa shape index (κ3) is 5.96. The number of aromatic nitrogens is 3. The summed E-state index contributed by atoms with van der Waals surface area (Å²) in [5, 5.41) is 13.2. The molecule has 0 amide bonds. The van der Waals surface area contributed by atoms with E-state index in [0.29, 0.717) is 34.1 Å². The number of anilines is 2. The number of halogens is 2. The molecule has 10 heteroatoms. The van der Waals surface area contributed by atoms with Gasteiger partial charge >= 0.3 is 0 Å². The fourth-order valence-electron chi connectivity index (χ4n) is 4.06. The van der Waals surface area contributed by atoms with Gasteiger partial charge in [-0.05, 0) is 43.6 Å². The molecule has 2 saturated heterocycles. The highest BCUT2D eigenvalue weighted by molar-refractivity contribution is 6.35. The molecule has 1 aromatic carbocycles. The number of nitrogens with one attached hydrogen (secondary N) is 1. The highest BCUT2D eigenvalue weighted by Gasteiger charge is 2.21. The van der Waals surface area contributed by atoms with Gasteiger partial charge in [0.15, 0.2) is 5.82 Å². The molecule has 0 saturated carbocycles. The second-order valence-corrected chi connectivity index (χ2v) is 8.92. The van der Waals surface area contributed by atoms with Crippen molar-refractivity contribution in [1.29, 1.82) is 0 Å². The molecule has 4 rings (SSSR count). The molecule has 0 aliphatic carbocycles. The Hall–Kier alpha value is -1.71. The summed E-state index contributed by atoms with van der Waals surface area (Å²) in [4.78, 5) is 12.0. The average molecular weight is 465 g/mol. The summed E-state index contributed by atoms with van der Waals surface area (Å²) >= 11 is 12.3. The lowest BCUT2D eigenvalue weighted by atomic mass is 10.2. The van der Waals surface area contributed by atoms with Crippen molar-refractivity contribution in [2.45, 2.75) is 25.9 Å². The SMILES string of the molecule is NCc1nnc(N2CCN(CCN3CCCC3)CC2)nc1NCc1ccc(Cl)cc1Cl. The molecule has 0 atom stereocenters. The second kappa shape index (κ2) is 10.7. The summed E-state index contributed by atoms with van der Waals surface area (Å²) in [6, 6.07) is 5.45. The van der Waals surface area contributed by atoms with Crippen molar-refractivity contribution < 1.29 is 0 Å². The minimum atomic E-state index is 0.265. The predicted molar refractivity (Wildman–Crippen MR) is 126 cm³/mol. The number of benzene rings is 1. The highest BCUT2D eigenvalue weighted by atomic mass is 35.5. The Morgan fingerprint density at radius 3 is 2.32 bits per heavy atom. The number of nitrogens with two attached hydrogens (primary N) is 1. The number of hydrogen-bond acceptors (Lipinski definition) is 8. The molecular weight excluding hydrogens is 435 g/mol. The van der Waals surface area contributed by atoms with Gasteiger partial charge in [0, 0.05) is 62.4 Å². The molecule has 2 fully saturated rings. The monoisotopic (exact) mass is 464 g/mol. The van der Waals surface area contributed by atoms with Crippen LogP contribution in [0.4, 0.5) is 11.8 Å². The maximum atomic E-state index is 6.29. The number of rotatable bonds is 8. The van der Waals surface area contributed by atoms with Gasteiger partial charge in [0.1, 0.15) is 5.69 Å². The standard InChI is InChI=1S/C21H30Cl2N8/c22-17-4-3-16(18(23)13-17)15-25-20-19(14-24)27-28-21(26-20)31-11-9-30(10-12-31)8-7-29-5-1-2-6-29/h3-4,13H,1-2,5-12,14-15,24H2,(H,25,26,28). The van der Waals surface area contributed by atoms with Gasteiger partial charge in [-0.25, -0.2) is 0 Å². The first-order valence-electron chi connectivity index (χ1n) is 10.9. The first kappa shape index (κ1) is 22.5. The van der Waals surface area contributed by atoms with E-state index in [9.17, 15) is 0 Å². The molecule has 3 heterocycles. The second-order valence-electron chi connectivity index (χ2n) is 8.08. The molecule has 3 N–H and O–H groups in total. The summed E-state index contributed by atoms with van der Waals surface area (Å²) in [5.41, 5.74) is 7.42. The van der Waals surface area contributed by atoms with Crippen molar-refractivity contribution in [1.82, 2.24) is 25.0 Å². The van der Waals surface area contributed by atoms with Crippen molar-refractivity contribution >= 4 is 35.0 Å². The summed E-state index contributed by atoms with van der Waals surface area (Å²) < 4.78 is 0. The largest absolute Gasteiger partial charge is 0.364 e. The Morgan fingerprint density at radius 1 is 0.935 bits per heavy atom. The number of nitrogens with zero attached hydrogens (tertiary/aromatic N) is 6. The Bertz CT molecular complexity index is 866. The number of piperazine rings is 1. The molecule has 1 aromatic heterocycles. The Morgan fingerprint density at radius 2 is 1.65 bits per heavy atom. The quantitative estimate of drug-likeness (QED) is 0.615. The van der Waals surface area contributed by atoms with Crippen LogP contribution < -0.4 is 16.0 Å². The molecule has 0 unspecified atom stereocenters. The van der Waals surface area contributed by atoms with Gasteiger partial charge in [0.25, 0.3) is 0 Å². The fourth-order valence-corrected chi connectivity index (χ4v) is 4.53. The Balaban J connectivity index is 1.34. The normalized spacial score (nSPS) is 18.0. The Kier molecular flexibility index (Phi) is 7.79. The molecule has 168 valence electrons.